The number of benzene rings is 1. The Morgan fingerprint density at radius 3 is 2.82 bits per heavy atom. The lowest BCUT2D eigenvalue weighted by atomic mass is 9.88. The minimum absolute atomic E-state index is 0.0682. The second-order valence-electron chi connectivity index (χ2n) is 7.62. The Hall–Kier alpha value is -2.67. The van der Waals surface area contributed by atoms with Crippen LogP contribution >= 0.6 is 0 Å². The van der Waals surface area contributed by atoms with Crippen LogP contribution in [0.5, 0.6) is 0 Å². The normalized spacial score (nSPS) is 20.5. The lowest BCUT2D eigenvalue weighted by Gasteiger charge is -2.39. The van der Waals surface area contributed by atoms with Gasteiger partial charge in [0.1, 0.15) is 11.6 Å². The molecule has 1 N–H and O–H groups in total. The second-order valence-corrected chi connectivity index (χ2v) is 7.62. The molecule has 28 heavy (non-hydrogen) atoms. The number of likely N-dealkylation sites (tertiary alicyclic amines) is 1. The first-order valence-corrected chi connectivity index (χ1v) is 9.62. The largest absolute Gasteiger partial charge is 0.467 e. The zero-order chi connectivity index (χ0) is 19.7. The Labute approximate surface area is 163 Å². The van der Waals surface area contributed by atoms with Gasteiger partial charge in [-0.25, -0.2) is 4.39 Å². The predicted molar refractivity (Wildman–Crippen MR) is 102 cm³/mol. The summed E-state index contributed by atoms with van der Waals surface area (Å²) in [6, 6.07) is 7.96. The number of furan rings is 1. The first-order valence-electron chi connectivity index (χ1n) is 9.62. The topological polar surface area (TPSA) is 65.8 Å². The summed E-state index contributed by atoms with van der Waals surface area (Å²) in [5.74, 6) is -0.702. The van der Waals surface area contributed by atoms with E-state index in [4.69, 9.17) is 4.42 Å². The molecule has 7 heteroatoms. The Kier molecular flexibility index (Phi) is 5.17. The Bertz CT molecular complexity index is 860. The van der Waals surface area contributed by atoms with Crippen molar-refractivity contribution in [2.75, 3.05) is 25.5 Å². The van der Waals surface area contributed by atoms with Crippen molar-refractivity contribution in [3.8, 4) is 0 Å². The van der Waals surface area contributed by atoms with Gasteiger partial charge < -0.3 is 19.5 Å². The van der Waals surface area contributed by atoms with Gasteiger partial charge in [0.15, 0.2) is 0 Å². The van der Waals surface area contributed by atoms with Gasteiger partial charge >= 0.3 is 0 Å². The van der Waals surface area contributed by atoms with Crippen LogP contribution in [0, 0.1) is 5.82 Å². The van der Waals surface area contributed by atoms with Crippen molar-refractivity contribution >= 4 is 17.5 Å². The third-order valence-corrected chi connectivity index (χ3v) is 5.67. The highest BCUT2D eigenvalue weighted by Gasteiger charge is 2.37. The molecule has 0 bridgehead atoms. The lowest BCUT2D eigenvalue weighted by Crippen LogP contribution is -2.48. The van der Waals surface area contributed by atoms with Crippen molar-refractivity contribution in [2.45, 2.75) is 37.8 Å². The molecule has 0 aliphatic carbocycles. The molecular weight excluding hydrogens is 361 g/mol. The van der Waals surface area contributed by atoms with E-state index >= 15 is 0 Å². The van der Waals surface area contributed by atoms with Gasteiger partial charge in [-0.05, 0) is 62.8 Å². The maximum atomic E-state index is 13.6. The van der Waals surface area contributed by atoms with Gasteiger partial charge in [-0.1, -0.05) is 6.07 Å². The van der Waals surface area contributed by atoms with Crippen molar-refractivity contribution in [1.29, 1.82) is 0 Å². The van der Waals surface area contributed by atoms with Crippen LogP contribution < -0.4 is 5.32 Å². The number of anilines is 1. The Morgan fingerprint density at radius 2 is 2.11 bits per heavy atom. The van der Waals surface area contributed by atoms with E-state index in [1.165, 1.54) is 12.1 Å². The van der Waals surface area contributed by atoms with Crippen molar-refractivity contribution in [2.24, 2.45) is 0 Å². The molecule has 0 radical (unpaired) electrons. The summed E-state index contributed by atoms with van der Waals surface area (Å²) >= 11 is 0. The maximum absolute atomic E-state index is 13.6. The van der Waals surface area contributed by atoms with Crippen LogP contribution in [0.25, 0.3) is 0 Å². The number of carbonyl (C=O) groups is 2. The predicted octanol–water partition coefficient (Wildman–Crippen LogP) is 2.97. The third kappa shape index (κ3) is 3.80. The van der Waals surface area contributed by atoms with Gasteiger partial charge in [0.25, 0.3) is 0 Å². The van der Waals surface area contributed by atoms with E-state index in [0.717, 1.165) is 25.9 Å². The summed E-state index contributed by atoms with van der Waals surface area (Å²) in [5.41, 5.74) is 1.05. The minimum atomic E-state index is -0.612. The molecule has 1 saturated heterocycles. The number of fused-ring (bicyclic) bond motifs is 1. The van der Waals surface area contributed by atoms with Crippen LogP contribution in [-0.4, -0.2) is 47.8 Å². The van der Waals surface area contributed by atoms with Crippen molar-refractivity contribution < 1.29 is 18.4 Å². The fourth-order valence-corrected chi connectivity index (χ4v) is 4.12. The van der Waals surface area contributed by atoms with E-state index < -0.39 is 11.7 Å². The highest BCUT2D eigenvalue weighted by Crippen LogP contribution is 2.35. The van der Waals surface area contributed by atoms with Gasteiger partial charge in [-0.15, -0.1) is 0 Å². The van der Waals surface area contributed by atoms with Crippen LogP contribution in [0.15, 0.2) is 41.0 Å². The molecule has 1 fully saturated rings. The molecule has 0 saturated carbocycles. The molecular formula is C21H24FN3O3. The van der Waals surface area contributed by atoms with Gasteiger partial charge in [0, 0.05) is 18.2 Å². The van der Waals surface area contributed by atoms with Crippen LogP contribution in [-0.2, 0) is 16.1 Å². The summed E-state index contributed by atoms with van der Waals surface area (Å²) in [7, 11) is 2.07. The highest BCUT2D eigenvalue weighted by atomic mass is 19.1. The van der Waals surface area contributed by atoms with Gasteiger partial charge in [-0.2, -0.15) is 0 Å². The molecule has 1 unspecified atom stereocenters. The van der Waals surface area contributed by atoms with Crippen LogP contribution in [0.3, 0.4) is 0 Å². The molecule has 2 aliphatic heterocycles. The first kappa shape index (κ1) is 18.7. The fourth-order valence-electron chi connectivity index (χ4n) is 4.12. The molecule has 1 aromatic heterocycles. The van der Waals surface area contributed by atoms with Crippen molar-refractivity contribution in [3.63, 3.8) is 0 Å². The van der Waals surface area contributed by atoms with Gasteiger partial charge in [-0.3, -0.25) is 9.59 Å². The van der Waals surface area contributed by atoms with E-state index in [9.17, 15) is 14.0 Å². The number of hydrogen-bond donors (Lipinski definition) is 1. The molecule has 4 rings (SSSR count). The summed E-state index contributed by atoms with van der Waals surface area (Å²) in [6.07, 6.45) is 3.41. The summed E-state index contributed by atoms with van der Waals surface area (Å²) in [4.78, 5) is 29.9. The first-order chi connectivity index (χ1) is 13.5. The van der Waals surface area contributed by atoms with Crippen LogP contribution in [0.2, 0.25) is 0 Å². The second kappa shape index (κ2) is 7.75. The molecule has 1 atom stereocenters. The average Bonchev–Trinajstić information content (AvgIpc) is 3.18. The molecule has 0 spiro atoms. The third-order valence-electron chi connectivity index (χ3n) is 5.67. The van der Waals surface area contributed by atoms with E-state index in [1.54, 1.807) is 18.4 Å². The number of nitrogens with one attached hydrogen (secondary N) is 1. The minimum Gasteiger partial charge on any atom is -0.467 e. The van der Waals surface area contributed by atoms with E-state index in [1.807, 2.05) is 11.0 Å². The molecule has 148 valence electrons. The zero-order valence-electron chi connectivity index (χ0n) is 15.9. The van der Waals surface area contributed by atoms with E-state index in [-0.39, 0.29) is 24.3 Å². The van der Waals surface area contributed by atoms with E-state index in [0.29, 0.717) is 23.6 Å². The highest BCUT2D eigenvalue weighted by molar-refractivity contribution is 6.01. The summed E-state index contributed by atoms with van der Waals surface area (Å²) in [6.45, 7) is 2.20. The van der Waals surface area contributed by atoms with E-state index in [2.05, 4.69) is 17.3 Å². The molecule has 2 amide bonds. The quantitative estimate of drug-likeness (QED) is 0.879. The molecule has 2 aromatic rings. The molecule has 6 nitrogen and oxygen atoms in total. The Morgan fingerprint density at radius 1 is 1.32 bits per heavy atom. The van der Waals surface area contributed by atoms with Crippen LogP contribution in [0.1, 0.15) is 36.5 Å². The number of rotatable bonds is 4. The smallest absolute Gasteiger partial charge is 0.231 e. The molecule has 2 aliphatic rings. The fraction of sp³-hybridized carbons (Fsp3) is 0.429. The summed E-state index contributed by atoms with van der Waals surface area (Å²) in [5, 5.41) is 2.68. The number of halogens is 1. The number of nitrogens with zero attached hydrogens (tertiary/aromatic N) is 2. The van der Waals surface area contributed by atoms with Crippen molar-refractivity contribution in [1.82, 2.24) is 9.80 Å². The zero-order valence-corrected chi connectivity index (χ0v) is 15.9. The Balaban J connectivity index is 1.64. The van der Waals surface area contributed by atoms with Gasteiger partial charge in [0.05, 0.1) is 18.7 Å². The lowest BCUT2D eigenvalue weighted by molar-refractivity contribution is -0.139. The standard InChI is InChI=1S/C21H24FN3O3/c1-24-8-6-15(7-9-24)25(13-16-3-2-10-28-16)21(27)18-12-20(26)23-19-11-14(22)4-5-17(18)19/h2-5,10-11,15,18H,6-9,12-13H2,1H3,(H,23,26). The summed E-state index contributed by atoms with van der Waals surface area (Å²) < 4.78 is 19.1. The van der Waals surface area contributed by atoms with Crippen molar-refractivity contribution in [3.05, 3.63) is 53.7 Å². The van der Waals surface area contributed by atoms with Gasteiger partial charge in [0.2, 0.25) is 11.8 Å². The van der Waals surface area contributed by atoms with Crippen LogP contribution in [0.4, 0.5) is 10.1 Å². The number of hydrogen-bond acceptors (Lipinski definition) is 4. The average molecular weight is 385 g/mol. The SMILES string of the molecule is CN1CCC(N(Cc2ccco2)C(=O)C2CC(=O)Nc3cc(F)ccc32)CC1. The number of piperidine rings is 1. The molecule has 1 aromatic carbocycles. The monoisotopic (exact) mass is 385 g/mol. The maximum Gasteiger partial charge on any atom is 0.231 e. The number of amides is 2. The molecule has 3 heterocycles. The number of carbonyl (C=O) groups excluding carboxylic acids is 2.